The Morgan fingerprint density at radius 1 is 1.33 bits per heavy atom. The summed E-state index contributed by atoms with van der Waals surface area (Å²) in [5.41, 5.74) is 0. The Kier molecular flexibility index (Phi) is 3.57. The van der Waals surface area contributed by atoms with Crippen LogP contribution in [0.15, 0.2) is 0 Å². The molecule has 0 bridgehead atoms. The number of rotatable bonds is 3. The van der Waals surface area contributed by atoms with Crippen LogP contribution in [0.3, 0.4) is 0 Å². The molecule has 0 aromatic heterocycles. The highest BCUT2D eigenvalue weighted by atomic mass is 15.2. The molecular formula is C11H23N. The Morgan fingerprint density at radius 3 is 2.50 bits per heavy atom. The van der Waals surface area contributed by atoms with E-state index in [1.54, 1.807) is 0 Å². The maximum Gasteiger partial charge on any atom is 0.00960 e. The number of nitrogens with zero attached hydrogens (tertiary/aromatic N) is 1. The quantitative estimate of drug-likeness (QED) is 0.628. The highest BCUT2D eigenvalue weighted by Gasteiger charge is 2.27. The highest BCUT2D eigenvalue weighted by molar-refractivity contribution is 4.83. The van der Waals surface area contributed by atoms with Gasteiger partial charge >= 0.3 is 0 Å². The van der Waals surface area contributed by atoms with Gasteiger partial charge in [0, 0.05) is 12.1 Å². The van der Waals surface area contributed by atoms with Crippen molar-refractivity contribution in [1.82, 2.24) is 4.90 Å². The molecule has 0 aromatic carbocycles. The number of hydrogen-bond acceptors (Lipinski definition) is 1. The van der Waals surface area contributed by atoms with Gasteiger partial charge < -0.3 is 0 Å². The van der Waals surface area contributed by atoms with Crippen molar-refractivity contribution in [2.45, 2.75) is 59.0 Å². The van der Waals surface area contributed by atoms with Crippen molar-refractivity contribution in [3.05, 3.63) is 0 Å². The third-order valence-electron chi connectivity index (χ3n) is 3.38. The summed E-state index contributed by atoms with van der Waals surface area (Å²) in [7, 11) is 0. The van der Waals surface area contributed by atoms with E-state index in [-0.39, 0.29) is 0 Å². The topological polar surface area (TPSA) is 3.24 Å². The molecule has 0 saturated carbocycles. The van der Waals surface area contributed by atoms with Gasteiger partial charge in [0.25, 0.3) is 0 Å². The van der Waals surface area contributed by atoms with E-state index >= 15 is 0 Å². The van der Waals surface area contributed by atoms with Gasteiger partial charge in [-0.15, -0.1) is 0 Å². The lowest BCUT2D eigenvalue weighted by atomic mass is 10.0. The first kappa shape index (κ1) is 10.0. The molecule has 1 fully saturated rings. The van der Waals surface area contributed by atoms with Crippen LogP contribution >= 0.6 is 0 Å². The van der Waals surface area contributed by atoms with Crippen LogP contribution in [0.4, 0.5) is 0 Å². The number of likely N-dealkylation sites (tertiary alicyclic amines) is 1. The predicted octanol–water partition coefficient (Wildman–Crippen LogP) is 2.91. The molecule has 0 aromatic rings. The molecule has 2 atom stereocenters. The minimum Gasteiger partial charge on any atom is -0.297 e. The monoisotopic (exact) mass is 169 g/mol. The SMILES string of the molecule is CCC1CCCN1C(C)C(C)C. The Balaban J connectivity index is 2.49. The van der Waals surface area contributed by atoms with Crippen LogP contribution in [0.5, 0.6) is 0 Å². The van der Waals surface area contributed by atoms with E-state index in [2.05, 4.69) is 32.6 Å². The first-order valence-electron chi connectivity index (χ1n) is 5.42. The van der Waals surface area contributed by atoms with Gasteiger partial charge in [-0.25, -0.2) is 0 Å². The lowest BCUT2D eigenvalue weighted by Crippen LogP contribution is -2.39. The molecule has 1 saturated heterocycles. The molecule has 1 heterocycles. The van der Waals surface area contributed by atoms with Crippen molar-refractivity contribution < 1.29 is 0 Å². The lowest BCUT2D eigenvalue weighted by molar-refractivity contribution is 0.150. The van der Waals surface area contributed by atoms with Crippen LogP contribution in [0.2, 0.25) is 0 Å². The van der Waals surface area contributed by atoms with E-state index < -0.39 is 0 Å². The summed E-state index contributed by atoms with van der Waals surface area (Å²) >= 11 is 0. The molecule has 0 N–H and O–H groups in total. The molecule has 1 aliphatic rings. The van der Waals surface area contributed by atoms with Crippen molar-refractivity contribution in [3.8, 4) is 0 Å². The van der Waals surface area contributed by atoms with Crippen LogP contribution in [-0.2, 0) is 0 Å². The summed E-state index contributed by atoms with van der Waals surface area (Å²) < 4.78 is 0. The third-order valence-corrected chi connectivity index (χ3v) is 3.38. The summed E-state index contributed by atoms with van der Waals surface area (Å²) in [6.45, 7) is 10.7. The van der Waals surface area contributed by atoms with Gasteiger partial charge in [0.15, 0.2) is 0 Å². The van der Waals surface area contributed by atoms with Gasteiger partial charge in [-0.1, -0.05) is 20.8 Å². The largest absolute Gasteiger partial charge is 0.297 e. The first-order valence-corrected chi connectivity index (χ1v) is 5.42. The van der Waals surface area contributed by atoms with E-state index in [0.717, 1.165) is 18.0 Å². The molecular weight excluding hydrogens is 146 g/mol. The molecule has 1 nitrogen and oxygen atoms in total. The summed E-state index contributed by atoms with van der Waals surface area (Å²) in [6.07, 6.45) is 4.17. The van der Waals surface area contributed by atoms with E-state index in [4.69, 9.17) is 0 Å². The Hall–Kier alpha value is -0.0400. The van der Waals surface area contributed by atoms with Crippen molar-refractivity contribution in [2.75, 3.05) is 6.54 Å². The van der Waals surface area contributed by atoms with Crippen molar-refractivity contribution in [1.29, 1.82) is 0 Å². The van der Waals surface area contributed by atoms with Crippen LogP contribution in [0, 0.1) is 5.92 Å². The second kappa shape index (κ2) is 4.27. The fraction of sp³-hybridized carbons (Fsp3) is 1.00. The molecule has 1 aliphatic heterocycles. The van der Waals surface area contributed by atoms with Gasteiger partial charge in [0.2, 0.25) is 0 Å². The molecule has 0 aliphatic carbocycles. The van der Waals surface area contributed by atoms with Gasteiger partial charge in [-0.2, -0.15) is 0 Å². The van der Waals surface area contributed by atoms with Crippen LogP contribution in [-0.4, -0.2) is 23.5 Å². The summed E-state index contributed by atoms with van der Waals surface area (Å²) in [4.78, 5) is 2.70. The number of hydrogen-bond donors (Lipinski definition) is 0. The third kappa shape index (κ3) is 2.01. The van der Waals surface area contributed by atoms with E-state index in [1.165, 1.54) is 25.8 Å². The van der Waals surface area contributed by atoms with E-state index in [1.807, 2.05) is 0 Å². The second-order valence-corrected chi connectivity index (χ2v) is 4.43. The standard InChI is InChI=1S/C11H23N/c1-5-11-7-6-8-12(11)10(4)9(2)3/h9-11H,5-8H2,1-4H3. The second-order valence-electron chi connectivity index (χ2n) is 4.43. The average molecular weight is 169 g/mol. The van der Waals surface area contributed by atoms with Crippen molar-refractivity contribution >= 4 is 0 Å². The van der Waals surface area contributed by atoms with Crippen molar-refractivity contribution in [2.24, 2.45) is 5.92 Å². The molecule has 1 heteroatoms. The minimum absolute atomic E-state index is 0.775. The predicted molar refractivity (Wildman–Crippen MR) is 54.3 cm³/mol. The molecule has 1 rings (SSSR count). The zero-order valence-corrected chi connectivity index (χ0v) is 9.01. The molecule has 0 radical (unpaired) electrons. The summed E-state index contributed by atoms with van der Waals surface area (Å²) in [5, 5.41) is 0. The normalized spacial score (nSPS) is 28.2. The van der Waals surface area contributed by atoms with Crippen LogP contribution < -0.4 is 0 Å². The average Bonchev–Trinajstić information content (AvgIpc) is 2.49. The van der Waals surface area contributed by atoms with Gasteiger partial charge in [-0.3, -0.25) is 4.90 Å². The Labute approximate surface area is 77.1 Å². The maximum atomic E-state index is 2.70. The van der Waals surface area contributed by atoms with Crippen LogP contribution in [0.1, 0.15) is 47.0 Å². The fourth-order valence-electron chi connectivity index (χ4n) is 2.22. The molecule has 72 valence electrons. The summed E-state index contributed by atoms with van der Waals surface area (Å²) in [6, 6.07) is 1.65. The van der Waals surface area contributed by atoms with Gasteiger partial charge in [0.1, 0.15) is 0 Å². The zero-order chi connectivity index (χ0) is 9.14. The first-order chi connectivity index (χ1) is 5.66. The minimum atomic E-state index is 0.775. The zero-order valence-electron chi connectivity index (χ0n) is 9.01. The smallest absolute Gasteiger partial charge is 0.00960 e. The van der Waals surface area contributed by atoms with Crippen molar-refractivity contribution in [3.63, 3.8) is 0 Å². The molecule has 0 amide bonds. The lowest BCUT2D eigenvalue weighted by Gasteiger charge is -2.32. The fourth-order valence-corrected chi connectivity index (χ4v) is 2.22. The van der Waals surface area contributed by atoms with Gasteiger partial charge in [-0.05, 0) is 38.6 Å². The maximum absolute atomic E-state index is 2.70. The van der Waals surface area contributed by atoms with E-state index in [0.29, 0.717) is 0 Å². The van der Waals surface area contributed by atoms with Crippen LogP contribution in [0.25, 0.3) is 0 Å². The Morgan fingerprint density at radius 2 is 2.00 bits per heavy atom. The Bertz CT molecular complexity index is 131. The molecule has 2 unspecified atom stereocenters. The molecule has 0 spiro atoms. The van der Waals surface area contributed by atoms with Gasteiger partial charge in [0.05, 0.1) is 0 Å². The molecule has 12 heavy (non-hydrogen) atoms. The highest BCUT2D eigenvalue weighted by Crippen LogP contribution is 2.25. The summed E-state index contributed by atoms with van der Waals surface area (Å²) in [5.74, 6) is 0.803. The van der Waals surface area contributed by atoms with E-state index in [9.17, 15) is 0 Å².